The van der Waals surface area contributed by atoms with Crippen molar-refractivity contribution >= 4 is 46.6 Å². The Bertz CT molecular complexity index is 972. The number of aryl methyl sites for hydroxylation is 1. The van der Waals surface area contributed by atoms with Crippen LogP contribution in [0, 0.1) is 6.92 Å². The first kappa shape index (κ1) is 20.0. The number of hydrogen-bond acceptors (Lipinski definition) is 4. The molecule has 2 N–H and O–H groups in total. The standard InChI is InChI=1S/C21H19ClN2O3S/c1-13-5-6-16(12-18(13)22)24-20(25)14(2)28-17-9-7-15(8-10-17)23-21(26)19-4-3-11-27-19/h3-12,14H,1-2H3,(H,23,26)(H,24,25). The van der Waals surface area contributed by atoms with Crippen LogP contribution in [0.3, 0.4) is 0 Å². The Morgan fingerprint density at radius 1 is 1.04 bits per heavy atom. The van der Waals surface area contributed by atoms with E-state index in [1.807, 2.05) is 38.1 Å². The van der Waals surface area contributed by atoms with E-state index in [2.05, 4.69) is 10.6 Å². The minimum absolute atomic E-state index is 0.111. The van der Waals surface area contributed by atoms with Gasteiger partial charge in [-0.3, -0.25) is 9.59 Å². The molecule has 3 aromatic rings. The highest BCUT2D eigenvalue weighted by atomic mass is 35.5. The smallest absolute Gasteiger partial charge is 0.291 e. The first-order valence-electron chi connectivity index (χ1n) is 8.61. The first-order valence-corrected chi connectivity index (χ1v) is 9.87. The molecule has 0 aliphatic heterocycles. The molecule has 5 nitrogen and oxygen atoms in total. The molecule has 0 bridgehead atoms. The van der Waals surface area contributed by atoms with Gasteiger partial charge in [0, 0.05) is 21.3 Å². The van der Waals surface area contributed by atoms with Gasteiger partial charge in [-0.1, -0.05) is 17.7 Å². The molecule has 0 aliphatic rings. The molecule has 1 heterocycles. The lowest BCUT2D eigenvalue weighted by molar-refractivity contribution is -0.115. The number of halogens is 1. The third kappa shape index (κ3) is 5.18. The molecule has 28 heavy (non-hydrogen) atoms. The van der Waals surface area contributed by atoms with E-state index in [0.29, 0.717) is 16.4 Å². The molecule has 2 amide bonds. The van der Waals surface area contributed by atoms with E-state index >= 15 is 0 Å². The van der Waals surface area contributed by atoms with Crippen molar-refractivity contribution in [2.75, 3.05) is 10.6 Å². The number of benzene rings is 2. The Hall–Kier alpha value is -2.70. The third-order valence-electron chi connectivity index (χ3n) is 3.98. The molecule has 1 aromatic heterocycles. The molecule has 0 radical (unpaired) electrons. The van der Waals surface area contributed by atoms with Crippen LogP contribution in [0.5, 0.6) is 0 Å². The second-order valence-electron chi connectivity index (χ2n) is 6.17. The quantitative estimate of drug-likeness (QED) is 0.514. The van der Waals surface area contributed by atoms with Gasteiger partial charge in [-0.25, -0.2) is 0 Å². The zero-order chi connectivity index (χ0) is 20.1. The molecule has 0 spiro atoms. The number of anilines is 2. The molecular formula is C21H19ClN2O3S. The van der Waals surface area contributed by atoms with Gasteiger partial charge < -0.3 is 15.1 Å². The summed E-state index contributed by atoms with van der Waals surface area (Å²) in [5.74, 6) is -0.171. The lowest BCUT2D eigenvalue weighted by atomic mass is 10.2. The second-order valence-corrected chi connectivity index (χ2v) is 7.99. The van der Waals surface area contributed by atoms with E-state index in [0.717, 1.165) is 10.5 Å². The van der Waals surface area contributed by atoms with E-state index in [1.165, 1.54) is 18.0 Å². The average molecular weight is 415 g/mol. The molecule has 7 heteroatoms. The van der Waals surface area contributed by atoms with Gasteiger partial charge in [0.25, 0.3) is 5.91 Å². The highest BCUT2D eigenvalue weighted by Gasteiger charge is 2.15. The molecular weight excluding hydrogens is 396 g/mol. The Labute approximate surface area is 172 Å². The van der Waals surface area contributed by atoms with Crippen LogP contribution >= 0.6 is 23.4 Å². The van der Waals surface area contributed by atoms with E-state index in [-0.39, 0.29) is 22.8 Å². The molecule has 2 aromatic carbocycles. The maximum absolute atomic E-state index is 12.4. The van der Waals surface area contributed by atoms with E-state index in [9.17, 15) is 9.59 Å². The van der Waals surface area contributed by atoms with Crippen molar-refractivity contribution in [2.24, 2.45) is 0 Å². The molecule has 0 aliphatic carbocycles. The predicted molar refractivity (Wildman–Crippen MR) is 113 cm³/mol. The normalized spacial score (nSPS) is 11.7. The van der Waals surface area contributed by atoms with Crippen LogP contribution in [0.4, 0.5) is 11.4 Å². The monoisotopic (exact) mass is 414 g/mol. The highest BCUT2D eigenvalue weighted by Crippen LogP contribution is 2.26. The molecule has 144 valence electrons. The summed E-state index contributed by atoms with van der Waals surface area (Å²) in [6.45, 7) is 3.75. The SMILES string of the molecule is Cc1ccc(NC(=O)C(C)Sc2ccc(NC(=O)c3ccco3)cc2)cc1Cl. The summed E-state index contributed by atoms with van der Waals surface area (Å²) in [4.78, 5) is 25.3. The van der Waals surface area contributed by atoms with Gasteiger partial charge in [-0.2, -0.15) is 0 Å². The van der Waals surface area contributed by atoms with Crippen LogP contribution in [0.25, 0.3) is 0 Å². The van der Waals surface area contributed by atoms with Crippen LogP contribution in [-0.2, 0) is 4.79 Å². The topological polar surface area (TPSA) is 71.3 Å². The van der Waals surface area contributed by atoms with Gasteiger partial charge in [-0.05, 0) is 67.9 Å². The van der Waals surface area contributed by atoms with Crippen molar-refractivity contribution in [3.05, 3.63) is 77.2 Å². The first-order chi connectivity index (χ1) is 13.4. The maximum atomic E-state index is 12.4. The zero-order valence-electron chi connectivity index (χ0n) is 15.4. The third-order valence-corrected chi connectivity index (χ3v) is 5.50. The minimum atomic E-state index is -0.310. The fourth-order valence-electron chi connectivity index (χ4n) is 2.39. The minimum Gasteiger partial charge on any atom is -0.459 e. The molecule has 0 saturated carbocycles. The number of thioether (sulfide) groups is 1. The average Bonchev–Trinajstić information content (AvgIpc) is 3.21. The summed E-state index contributed by atoms with van der Waals surface area (Å²) in [7, 11) is 0. The fourth-order valence-corrected chi connectivity index (χ4v) is 3.44. The van der Waals surface area contributed by atoms with Gasteiger partial charge in [0.1, 0.15) is 0 Å². The van der Waals surface area contributed by atoms with Gasteiger partial charge >= 0.3 is 0 Å². The molecule has 1 unspecified atom stereocenters. The van der Waals surface area contributed by atoms with Gasteiger partial charge in [0.2, 0.25) is 5.91 Å². The Kier molecular flexibility index (Phi) is 6.44. The van der Waals surface area contributed by atoms with Crippen LogP contribution in [0.1, 0.15) is 23.0 Å². The van der Waals surface area contributed by atoms with Gasteiger partial charge in [0.15, 0.2) is 5.76 Å². The summed E-state index contributed by atoms with van der Waals surface area (Å²) >= 11 is 7.53. The van der Waals surface area contributed by atoms with Crippen molar-refractivity contribution in [1.29, 1.82) is 0 Å². The molecule has 0 fully saturated rings. The number of rotatable bonds is 6. The lowest BCUT2D eigenvalue weighted by Gasteiger charge is -2.13. The molecule has 0 saturated heterocycles. The highest BCUT2D eigenvalue weighted by molar-refractivity contribution is 8.00. The van der Waals surface area contributed by atoms with Crippen LogP contribution in [0.2, 0.25) is 5.02 Å². The zero-order valence-corrected chi connectivity index (χ0v) is 16.9. The van der Waals surface area contributed by atoms with Crippen molar-refractivity contribution in [3.63, 3.8) is 0 Å². The summed E-state index contributed by atoms with van der Waals surface area (Å²) < 4.78 is 5.06. The van der Waals surface area contributed by atoms with Crippen molar-refractivity contribution in [1.82, 2.24) is 0 Å². The number of furan rings is 1. The lowest BCUT2D eigenvalue weighted by Crippen LogP contribution is -2.22. The van der Waals surface area contributed by atoms with Gasteiger partial charge in [-0.15, -0.1) is 11.8 Å². The number of nitrogens with one attached hydrogen (secondary N) is 2. The second kappa shape index (κ2) is 8.99. The van der Waals surface area contributed by atoms with E-state index in [4.69, 9.17) is 16.0 Å². The van der Waals surface area contributed by atoms with Gasteiger partial charge in [0.05, 0.1) is 11.5 Å². The summed E-state index contributed by atoms with van der Waals surface area (Å²) in [6, 6.07) is 16.0. The summed E-state index contributed by atoms with van der Waals surface area (Å²) in [5, 5.41) is 5.94. The van der Waals surface area contributed by atoms with Crippen LogP contribution in [0.15, 0.2) is 70.2 Å². The summed E-state index contributed by atoms with van der Waals surface area (Å²) in [6.07, 6.45) is 1.45. The number of amides is 2. The number of carbonyl (C=O) groups excluding carboxylic acids is 2. The van der Waals surface area contributed by atoms with E-state index in [1.54, 1.807) is 30.3 Å². The fraction of sp³-hybridized carbons (Fsp3) is 0.143. The Morgan fingerprint density at radius 2 is 1.75 bits per heavy atom. The molecule has 3 rings (SSSR count). The Balaban J connectivity index is 1.56. The van der Waals surface area contributed by atoms with E-state index < -0.39 is 0 Å². The molecule has 1 atom stereocenters. The maximum Gasteiger partial charge on any atom is 0.291 e. The van der Waals surface area contributed by atoms with Crippen molar-refractivity contribution in [3.8, 4) is 0 Å². The van der Waals surface area contributed by atoms with Crippen LogP contribution in [-0.4, -0.2) is 17.1 Å². The van der Waals surface area contributed by atoms with Crippen molar-refractivity contribution < 1.29 is 14.0 Å². The number of carbonyl (C=O) groups is 2. The van der Waals surface area contributed by atoms with Crippen LogP contribution < -0.4 is 10.6 Å². The Morgan fingerprint density at radius 3 is 2.39 bits per heavy atom. The largest absolute Gasteiger partial charge is 0.459 e. The predicted octanol–water partition coefficient (Wildman–Crippen LogP) is 5.61. The van der Waals surface area contributed by atoms with Crippen molar-refractivity contribution in [2.45, 2.75) is 24.0 Å². The number of hydrogen-bond donors (Lipinski definition) is 2. The summed E-state index contributed by atoms with van der Waals surface area (Å²) in [5.41, 5.74) is 2.28.